The molecule has 0 saturated carbocycles. The Hall–Kier alpha value is -2.78. The van der Waals surface area contributed by atoms with E-state index in [9.17, 15) is 18.0 Å². The normalized spacial score (nSPS) is 12.5. The van der Waals surface area contributed by atoms with E-state index in [4.69, 9.17) is 34.8 Å². The van der Waals surface area contributed by atoms with Crippen molar-refractivity contribution < 1.29 is 18.0 Å². The van der Waals surface area contributed by atoms with Crippen LogP contribution in [0.3, 0.4) is 0 Å². The van der Waals surface area contributed by atoms with Crippen LogP contribution in [0.25, 0.3) is 0 Å². The highest BCUT2D eigenvalue weighted by Gasteiger charge is 2.34. The van der Waals surface area contributed by atoms with E-state index in [1.54, 1.807) is 49.4 Å². The van der Waals surface area contributed by atoms with E-state index < -0.39 is 34.1 Å². The van der Waals surface area contributed by atoms with Gasteiger partial charge in [0.25, 0.3) is 10.0 Å². The van der Waals surface area contributed by atoms with E-state index in [1.165, 1.54) is 35.2 Å². The molecule has 0 spiro atoms. The lowest BCUT2D eigenvalue weighted by Crippen LogP contribution is -2.55. The largest absolute Gasteiger partial charge is 0.350 e. The molecule has 0 aliphatic carbocycles. The van der Waals surface area contributed by atoms with E-state index in [-0.39, 0.29) is 33.1 Å². The number of rotatable bonds is 10. The average molecular weight is 625 g/mol. The molecule has 0 aromatic heterocycles. The number of anilines is 1. The van der Waals surface area contributed by atoms with E-state index in [0.717, 1.165) is 9.87 Å². The van der Waals surface area contributed by atoms with Crippen LogP contribution in [0.4, 0.5) is 5.69 Å². The SMILES string of the molecule is CC[C@@H](C(=O)NC(C)(C)C)N(Cc1ccc(Cl)cc1)C(=O)CN(c1cc(Cl)cc(Cl)c1)S(=O)(=O)c1ccccc1. The monoisotopic (exact) mass is 623 g/mol. The summed E-state index contributed by atoms with van der Waals surface area (Å²) in [6.45, 7) is 6.80. The van der Waals surface area contributed by atoms with E-state index in [2.05, 4.69) is 5.32 Å². The second-order valence-electron chi connectivity index (χ2n) is 10.3. The first-order valence-electron chi connectivity index (χ1n) is 12.6. The Morgan fingerprint density at radius 2 is 1.45 bits per heavy atom. The summed E-state index contributed by atoms with van der Waals surface area (Å²) in [6, 6.07) is 18.1. The van der Waals surface area contributed by atoms with Gasteiger partial charge in [0, 0.05) is 27.2 Å². The molecule has 3 aromatic rings. The molecule has 0 bridgehead atoms. The van der Waals surface area contributed by atoms with Gasteiger partial charge < -0.3 is 10.2 Å². The molecule has 0 aliphatic rings. The Morgan fingerprint density at radius 1 is 0.875 bits per heavy atom. The van der Waals surface area contributed by atoms with Crippen molar-refractivity contribution in [2.75, 3.05) is 10.8 Å². The Balaban J connectivity index is 2.09. The zero-order valence-electron chi connectivity index (χ0n) is 22.7. The topological polar surface area (TPSA) is 86.8 Å². The van der Waals surface area contributed by atoms with Gasteiger partial charge in [-0.15, -0.1) is 0 Å². The molecule has 0 saturated heterocycles. The van der Waals surface area contributed by atoms with Crippen molar-refractivity contribution in [3.8, 4) is 0 Å². The maximum absolute atomic E-state index is 14.1. The lowest BCUT2D eigenvalue weighted by atomic mass is 10.1. The maximum atomic E-state index is 14.1. The van der Waals surface area contributed by atoms with E-state index in [0.29, 0.717) is 11.4 Å². The van der Waals surface area contributed by atoms with Gasteiger partial charge in [0.1, 0.15) is 12.6 Å². The highest BCUT2D eigenvalue weighted by Crippen LogP contribution is 2.30. The third-order valence-corrected chi connectivity index (χ3v) is 8.37. The summed E-state index contributed by atoms with van der Waals surface area (Å²) in [4.78, 5) is 28.8. The summed E-state index contributed by atoms with van der Waals surface area (Å²) in [6.07, 6.45) is 0.301. The summed E-state index contributed by atoms with van der Waals surface area (Å²) in [5, 5.41) is 3.87. The second kappa shape index (κ2) is 13.3. The van der Waals surface area contributed by atoms with E-state index >= 15 is 0 Å². The number of sulfonamides is 1. The predicted octanol–water partition coefficient (Wildman–Crippen LogP) is 6.56. The molecule has 3 rings (SSSR count). The first-order chi connectivity index (χ1) is 18.7. The molecule has 40 heavy (non-hydrogen) atoms. The number of nitrogens with one attached hydrogen (secondary N) is 1. The lowest BCUT2D eigenvalue weighted by Gasteiger charge is -2.34. The Kier molecular flexibility index (Phi) is 10.5. The van der Waals surface area contributed by atoms with Crippen LogP contribution in [-0.4, -0.2) is 43.3 Å². The fraction of sp³-hybridized carbons (Fsp3) is 0.310. The highest BCUT2D eigenvalue weighted by atomic mass is 35.5. The summed E-state index contributed by atoms with van der Waals surface area (Å²) in [7, 11) is -4.23. The Morgan fingerprint density at radius 3 is 1.98 bits per heavy atom. The number of halogens is 3. The standard InChI is InChI=1S/C29H32Cl3N3O4S/c1-5-26(28(37)33-29(2,3)4)34(18-20-11-13-21(30)14-12-20)27(36)19-35(24-16-22(31)15-23(32)17-24)40(38,39)25-9-7-6-8-10-25/h6-17,26H,5,18-19H2,1-4H3,(H,33,37)/t26-/m0/s1. The molecular weight excluding hydrogens is 593 g/mol. The zero-order valence-corrected chi connectivity index (χ0v) is 25.8. The third kappa shape index (κ3) is 8.36. The van der Waals surface area contributed by atoms with Gasteiger partial charge in [-0.3, -0.25) is 13.9 Å². The van der Waals surface area contributed by atoms with Crippen LogP contribution in [0.2, 0.25) is 15.1 Å². The molecule has 0 aliphatic heterocycles. The number of benzene rings is 3. The number of carbonyl (C=O) groups is 2. The van der Waals surface area contributed by atoms with Crippen LogP contribution in [-0.2, 0) is 26.2 Å². The van der Waals surface area contributed by atoms with Crippen molar-refractivity contribution in [2.45, 2.75) is 57.1 Å². The average Bonchev–Trinajstić information content (AvgIpc) is 2.87. The van der Waals surface area contributed by atoms with Crippen molar-refractivity contribution in [1.29, 1.82) is 0 Å². The number of carbonyl (C=O) groups excluding carboxylic acids is 2. The minimum atomic E-state index is -4.23. The minimum Gasteiger partial charge on any atom is -0.350 e. The quantitative estimate of drug-likeness (QED) is 0.277. The molecule has 0 radical (unpaired) electrons. The molecule has 2 amide bonds. The molecule has 214 valence electrons. The van der Waals surface area contributed by atoms with Crippen molar-refractivity contribution >= 4 is 62.3 Å². The second-order valence-corrected chi connectivity index (χ2v) is 13.4. The first-order valence-corrected chi connectivity index (χ1v) is 15.2. The highest BCUT2D eigenvalue weighted by molar-refractivity contribution is 7.92. The molecule has 11 heteroatoms. The van der Waals surface area contributed by atoms with Gasteiger partial charge in [-0.25, -0.2) is 8.42 Å². The Bertz CT molecular complexity index is 1420. The smallest absolute Gasteiger partial charge is 0.264 e. The zero-order chi connectivity index (χ0) is 29.7. The molecule has 0 unspecified atom stereocenters. The summed E-state index contributed by atoms with van der Waals surface area (Å²) in [5.74, 6) is -0.929. The number of hydrogen-bond donors (Lipinski definition) is 1. The maximum Gasteiger partial charge on any atom is 0.264 e. The van der Waals surface area contributed by atoms with Crippen LogP contribution >= 0.6 is 34.8 Å². The van der Waals surface area contributed by atoms with Crippen LogP contribution < -0.4 is 9.62 Å². The molecule has 0 heterocycles. The lowest BCUT2D eigenvalue weighted by molar-refractivity contribution is -0.141. The van der Waals surface area contributed by atoms with Crippen molar-refractivity contribution in [3.63, 3.8) is 0 Å². The number of amides is 2. The van der Waals surface area contributed by atoms with Gasteiger partial charge in [0.15, 0.2) is 0 Å². The molecule has 0 fully saturated rings. The third-order valence-electron chi connectivity index (χ3n) is 5.90. The van der Waals surface area contributed by atoms with Crippen molar-refractivity contribution in [2.24, 2.45) is 0 Å². The van der Waals surface area contributed by atoms with Gasteiger partial charge in [-0.1, -0.05) is 72.1 Å². The van der Waals surface area contributed by atoms with E-state index in [1.807, 2.05) is 20.8 Å². The van der Waals surface area contributed by atoms with Crippen LogP contribution in [0.1, 0.15) is 39.7 Å². The Labute approximate surface area is 251 Å². The molecule has 7 nitrogen and oxygen atoms in total. The molecule has 1 N–H and O–H groups in total. The van der Waals surface area contributed by atoms with Gasteiger partial charge in [0.2, 0.25) is 11.8 Å². The summed E-state index contributed by atoms with van der Waals surface area (Å²) in [5.41, 5.74) is 0.302. The molecule has 1 atom stereocenters. The van der Waals surface area contributed by atoms with Gasteiger partial charge >= 0.3 is 0 Å². The molecular formula is C29H32Cl3N3O4S. The number of nitrogens with zero attached hydrogens (tertiary/aromatic N) is 2. The van der Waals surface area contributed by atoms with Crippen LogP contribution in [0.5, 0.6) is 0 Å². The summed E-state index contributed by atoms with van der Waals surface area (Å²) < 4.78 is 28.7. The molecule has 3 aromatic carbocycles. The van der Waals surface area contributed by atoms with Gasteiger partial charge in [-0.2, -0.15) is 0 Å². The summed E-state index contributed by atoms with van der Waals surface area (Å²) >= 11 is 18.5. The fourth-order valence-electron chi connectivity index (χ4n) is 4.09. The first kappa shape index (κ1) is 31.7. The fourth-order valence-corrected chi connectivity index (χ4v) is 6.15. The van der Waals surface area contributed by atoms with Gasteiger partial charge in [-0.05, 0) is 75.2 Å². The van der Waals surface area contributed by atoms with Crippen molar-refractivity contribution in [3.05, 3.63) is 93.4 Å². The number of hydrogen-bond acceptors (Lipinski definition) is 4. The minimum absolute atomic E-state index is 0.0133. The van der Waals surface area contributed by atoms with Crippen molar-refractivity contribution in [1.82, 2.24) is 10.2 Å². The van der Waals surface area contributed by atoms with Crippen LogP contribution in [0, 0.1) is 0 Å². The van der Waals surface area contributed by atoms with Crippen LogP contribution in [0.15, 0.2) is 77.7 Å². The predicted molar refractivity (Wildman–Crippen MR) is 161 cm³/mol. The van der Waals surface area contributed by atoms with Gasteiger partial charge in [0.05, 0.1) is 10.6 Å².